The van der Waals surface area contributed by atoms with Gasteiger partial charge in [-0.1, -0.05) is 0 Å². The molecule has 0 spiro atoms. The van der Waals surface area contributed by atoms with E-state index < -0.39 is 15.9 Å². The summed E-state index contributed by atoms with van der Waals surface area (Å²) in [6.07, 6.45) is -0.736. The molecule has 0 aromatic heterocycles. The highest BCUT2D eigenvalue weighted by Crippen LogP contribution is 2.22. The first-order chi connectivity index (χ1) is 6.74. The molecule has 0 amide bonds. The first-order valence-electron chi connectivity index (χ1n) is 5.40. The predicted octanol–water partition coefficient (Wildman–Crippen LogP) is 0.263. The van der Waals surface area contributed by atoms with Crippen molar-refractivity contribution in [1.82, 2.24) is 4.90 Å². The lowest BCUT2D eigenvalue weighted by atomic mass is 10.1. The molecular weight excluding hydrogens is 214 g/mol. The van der Waals surface area contributed by atoms with Crippen LogP contribution < -0.4 is 0 Å². The summed E-state index contributed by atoms with van der Waals surface area (Å²) in [5.41, 5.74) is 0. The lowest BCUT2D eigenvalue weighted by Gasteiger charge is -2.37. The van der Waals surface area contributed by atoms with Gasteiger partial charge in [-0.2, -0.15) is 0 Å². The van der Waals surface area contributed by atoms with Gasteiger partial charge in [0.05, 0.1) is 23.7 Å². The number of rotatable bonds is 3. The summed E-state index contributed by atoms with van der Waals surface area (Å²) >= 11 is 0. The van der Waals surface area contributed by atoms with Crippen LogP contribution in [0, 0.1) is 0 Å². The molecule has 1 aliphatic heterocycles. The molecule has 0 aromatic carbocycles. The van der Waals surface area contributed by atoms with Crippen LogP contribution in [0.1, 0.15) is 27.7 Å². The van der Waals surface area contributed by atoms with Crippen molar-refractivity contribution in [3.8, 4) is 0 Å². The Bertz CT molecular complexity index is 303. The molecule has 0 radical (unpaired) electrons. The molecular formula is C10H21NO3S. The minimum Gasteiger partial charge on any atom is -0.390 e. The summed E-state index contributed by atoms with van der Waals surface area (Å²) in [4.78, 5) is 2.08. The summed E-state index contributed by atoms with van der Waals surface area (Å²) < 4.78 is 22.8. The monoisotopic (exact) mass is 235 g/mol. The SMILES string of the molecule is CC(C)N(C(C)C)C1CS(=O)(=O)CC1O. The zero-order chi connectivity index (χ0) is 11.8. The molecule has 15 heavy (non-hydrogen) atoms. The third-order valence-corrected chi connectivity index (χ3v) is 4.57. The van der Waals surface area contributed by atoms with Gasteiger partial charge in [-0.25, -0.2) is 8.42 Å². The van der Waals surface area contributed by atoms with Crippen molar-refractivity contribution in [2.24, 2.45) is 0 Å². The topological polar surface area (TPSA) is 57.6 Å². The molecule has 4 nitrogen and oxygen atoms in total. The largest absolute Gasteiger partial charge is 0.390 e. The fourth-order valence-electron chi connectivity index (χ4n) is 2.46. The van der Waals surface area contributed by atoms with Gasteiger partial charge in [0, 0.05) is 12.1 Å². The van der Waals surface area contributed by atoms with Crippen LogP contribution in [0.2, 0.25) is 0 Å². The highest BCUT2D eigenvalue weighted by Gasteiger charge is 2.41. The molecule has 1 fully saturated rings. The van der Waals surface area contributed by atoms with Crippen molar-refractivity contribution in [2.75, 3.05) is 11.5 Å². The Hall–Kier alpha value is -0.130. The average Bonchev–Trinajstić information content (AvgIpc) is 2.23. The molecule has 1 saturated heterocycles. The molecule has 0 bridgehead atoms. The van der Waals surface area contributed by atoms with Crippen LogP contribution in [0.5, 0.6) is 0 Å². The second-order valence-electron chi connectivity index (χ2n) is 4.85. The zero-order valence-electron chi connectivity index (χ0n) is 9.84. The Balaban J connectivity index is 2.87. The van der Waals surface area contributed by atoms with E-state index in [2.05, 4.69) is 4.90 Å². The second kappa shape index (κ2) is 4.39. The first kappa shape index (κ1) is 12.9. The molecule has 1 N–H and O–H groups in total. The minimum atomic E-state index is -3.05. The summed E-state index contributed by atoms with van der Waals surface area (Å²) in [7, 11) is -3.05. The van der Waals surface area contributed by atoms with Gasteiger partial charge in [-0.05, 0) is 27.7 Å². The number of hydrogen-bond donors (Lipinski definition) is 1. The smallest absolute Gasteiger partial charge is 0.154 e. The molecule has 0 aromatic rings. The van der Waals surface area contributed by atoms with Crippen LogP contribution in [0.15, 0.2) is 0 Å². The van der Waals surface area contributed by atoms with Crippen molar-refractivity contribution in [2.45, 2.75) is 51.9 Å². The summed E-state index contributed by atoms with van der Waals surface area (Å²) in [6.45, 7) is 8.10. The van der Waals surface area contributed by atoms with Gasteiger partial charge in [0.15, 0.2) is 9.84 Å². The zero-order valence-corrected chi connectivity index (χ0v) is 10.7. The van der Waals surface area contributed by atoms with Crippen LogP contribution in [0.25, 0.3) is 0 Å². The van der Waals surface area contributed by atoms with Gasteiger partial charge >= 0.3 is 0 Å². The molecule has 0 saturated carbocycles. The molecule has 2 unspecified atom stereocenters. The fourth-order valence-corrected chi connectivity index (χ4v) is 4.25. The van der Waals surface area contributed by atoms with Gasteiger partial charge in [0.25, 0.3) is 0 Å². The van der Waals surface area contributed by atoms with E-state index in [1.165, 1.54) is 0 Å². The third-order valence-electron chi connectivity index (χ3n) is 2.87. The van der Waals surface area contributed by atoms with E-state index in [-0.39, 0.29) is 29.6 Å². The molecule has 0 aliphatic carbocycles. The van der Waals surface area contributed by atoms with Gasteiger partial charge in [0.2, 0.25) is 0 Å². The van der Waals surface area contributed by atoms with E-state index in [0.29, 0.717) is 0 Å². The molecule has 5 heteroatoms. The van der Waals surface area contributed by atoms with Crippen molar-refractivity contribution in [1.29, 1.82) is 0 Å². The maximum Gasteiger partial charge on any atom is 0.154 e. The number of nitrogens with zero attached hydrogens (tertiary/aromatic N) is 1. The molecule has 2 atom stereocenters. The van der Waals surface area contributed by atoms with E-state index in [9.17, 15) is 13.5 Å². The lowest BCUT2D eigenvalue weighted by molar-refractivity contribution is 0.0418. The van der Waals surface area contributed by atoms with Gasteiger partial charge in [0.1, 0.15) is 0 Å². The number of aliphatic hydroxyl groups is 1. The maximum atomic E-state index is 11.4. The number of hydrogen-bond acceptors (Lipinski definition) is 4. The predicted molar refractivity (Wildman–Crippen MR) is 60.6 cm³/mol. The van der Waals surface area contributed by atoms with Crippen LogP contribution >= 0.6 is 0 Å². The Morgan fingerprint density at radius 3 is 1.87 bits per heavy atom. The lowest BCUT2D eigenvalue weighted by Crippen LogP contribution is -2.50. The number of sulfone groups is 1. The molecule has 1 heterocycles. The first-order valence-corrected chi connectivity index (χ1v) is 7.22. The van der Waals surface area contributed by atoms with E-state index in [4.69, 9.17) is 0 Å². The Morgan fingerprint density at radius 2 is 1.60 bits per heavy atom. The Labute approximate surface area is 92.2 Å². The normalized spacial score (nSPS) is 30.7. The van der Waals surface area contributed by atoms with Crippen molar-refractivity contribution in [3.05, 3.63) is 0 Å². The quantitative estimate of drug-likeness (QED) is 0.762. The van der Waals surface area contributed by atoms with Crippen molar-refractivity contribution < 1.29 is 13.5 Å². The summed E-state index contributed by atoms with van der Waals surface area (Å²) in [6, 6.07) is 0.255. The van der Waals surface area contributed by atoms with E-state index in [1.54, 1.807) is 0 Å². The third kappa shape index (κ3) is 2.92. The van der Waals surface area contributed by atoms with Crippen LogP contribution in [0.4, 0.5) is 0 Å². The van der Waals surface area contributed by atoms with Crippen molar-refractivity contribution in [3.63, 3.8) is 0 Å². The second-order valence-corrected chi connectivity index (χ2v) is 7.00. The van der Waals surface area contributed by atoms with Gasteiger partial charge in [-0.3, -0.25) is 4.90 Å². The highest BCUT2D eigenvalue weighted by molar-refractivity contribution is 7.91. The van der Waals surface area contributed by atoms with Gasteiger partial charge in [-0.15, -0.1) is 0 Å². The summed E-state index contributed by atoms with van der Waals surface area (Å²) in [5, 5.41) is 9.77. The van der Waals surface area contributed by atoms with Gasteiger partial charge < -0.3 is 5.11 Å². The maximum absolute atomic E-state index is 11.4. The Morgan fingerprint density at radius 1 is 1.13 bits per heavy atom. The molecule has 90 valence electrons. The van der Waals surface area contributed by atoms with Crippen molar-refractivity contribution >= 4 is 9.84 Å². The van der Waals surface area contributed by atoms with Crippen LogP contribution in [-0.2, 0) is 9.84 Å². The fraction of sp³-hybridized carbons (Fsp3) is 1.00. The Kier molecular flexibility index (Phi) is 3.79. The summed E-state index contributed by atoms with van der Waals surface area (Å²) in [5.74, 6) is -0.00185. The average molecular weight is 235 g/mol. The van der Waals surface area contributed by atoms with E-state index in [0.717, 1.165) is 0 Å². The van der Waals surface area contributed by atoms with E-state index in [1.807, 2.05) is 27.7 Å². The molecule has 1 rings (SSSR count). The standard InChI is InChI=1S/C10H21NO3S/c1-7(2)11(8(3)4)9-5-15(13,14)6-10(9)12/h7-10,12H,5-6H2,1-4H3. The number of aliphatic hydroxyl groups excluding tert-OH is 1. The van der Waals surface area contributed by atoms with Crippen LogP contribution in [0.3, 0.4) is 0 Å². The van der Waals surface area contributed by atoms with Crippen LogP contribution in [-0.4, -0.2) is 54.2 Å². The molecule has 1 aliphatic rings. The minimum absolute atomic E-state index is 0.0878. The highest BCUT2D eigenvalue weighted by atomic mass is 32.2. The van der Waals surface area contributed by atoms with E-state index >= 15 is 0 Å².